The lowest BCUT2D eigenvalue weighted by molar-refractivity contribution is -0.124. The van der Waals surface area contributed by atoms with Crippen molar-refractivity contribution in [2.75, 3.05) is 13.7 Å². The molecule has 3 aromatic rings. The van der Waals surface area contributed by atoms with Crippen molar-refractivity contribution in [3.8, 4) is 5.75 Å². The first-order chi connectivity index (χ1) is 15.8. The molecule has 0 bridgehead atoms. The summed E-state index contributed by atoms with van der Waals surface area (Å²) in [6.45, 7) is -0.651. The van der Waals surface area contributed by atoms with Crippen molar-refractivity contribution >= 4 is 27.6 Å². The maximum atomic E-state index is 12.4. The largest absolute Gasteiger partial charge is 0.496 e. The van der Waals surface area contributed by atoms with E-state index in [9.17, 15) is 18.0 Å². The molecule has 0 heterocycles. The first-order valence-corrected chi connectivity index (χ1v) is 11.2. The second kappa shape index (κ2) is 10.5. The van der Waals surface area contributed by atoms with E-state index in [0.29, 0.717) is 5.71 Å². The van der Waals surface area contributed by atoms with E-state index in [4.69, 9.17) is 14.6 Å². The van der Waals surface area contributed by atoms with E-state index in [2.05, 4.69) is 10.5 Å². The van der Waals surface area contributed by atoms with Gasteiger partial charge in [-0.1, -0.05) is 60.7 Å². The van der Waals surface area contributed by atoms with E-state index in [0.717, 1.165) is 17.2 Å². The normalized spacial score (nSPS) is 10.7. The van der Waals surface area contributed by atoms with Crippen LogP contribution < -0.4 is 15.3 Å². The van der Waals surface area contributed by atoms with Crippen LogP contribution in [0.5, 0.6) is 5.75 Å². The summed E-state index contributed by atoms with van der Waals surface area (Å²) in [4.78, 5) is 24.4. The molecule has 10 heteroatoms. The molecule has 0 spiro atoms. The molecule has 1 amide bonds. The number of sulfonamides is 1. The lowest BCUT2D eigenvalue weighted by Gasteiger charge is -2.10. The molecule has 0 fully saturated rings. The van der Waals surface area contributed by atoms with Gasteiger partial charge >= 0.3 is 5.97 Å². The van der Waals surface area contributed by atoms with Crippen LogP contribution in [0.1, 0.15) is 21.5 Å². The summed E-state index contributed by atoms with van der Waals surface area (Å²) in [5.41, 5.74) is 4.28. The number of amides is 1. The van der Waals surface area contributed by atoms with Crippen LogP contribution in [0.4, 0.5) is 0 Å². The van der Waals surface area contributed by atoms with E-state index in [1.54, 1.807) is 0 Å². The SMILES string of the molecule is COc1ccc(S(N)(=O)=O)cc1C(=O)OCC(=O)NN=C(c1ccccc1)c1ccccc1. The van der Waals surface area contributed by atoms with Crippen LogP contribution in [-0.2, 0) is 19.6 Å². The molecular weight excluding hydrogens is 446 g/mol. The summed E-state index contributed by atoms with van der Waals surface area (Å²) in [6.07, 6.45) is 0. The Labute approximate surface area is 190 Å². The fourth-order valence-corrected chi connectivity index (χ4v) is 3.41. The highest BCUT2D eigenvalue weighted by Crippen LogP contribution is 2.22. The third-order valence-electron chi connectivity index (χ3n) is 4.44. The Hall–Kier alpha value is -4.02. The number of nitrogens with one attached hydrogen (secondary N) is 1. The van der Waals surface area contributed by atoms with Crippen LogP contribution in [0.15, 0.2) is 88.9 Å². The van der Waals surface area contributed by atoms with Gasteiger partial charge in [-0.3, -0.25) is 4.79 Å². The fourth-order valence-electron chi connectivity index (χ4n) is 2.87. The number of benzene rings is 3. The van der Waals surface area contributed by atoms with E-state index in [1.807, 2.05) is 60.7 Å². The highest BCUT2D eigenvalue weighted by molar-refractivity contribution is 7.89. The molecule has 0 saturated carbocycles. The van der Waals surface area contributed by atoms with Gasteiger partial charge < -0.3 is 9.47 Å². The first kappa shape index (κ1) is 23.6. The van der Waals surface area contributed by atoms with Gasteiger partial charge in [0.2, 0.25) is 10.0 Å². The quantitative estimate of drug-likeness (QED) is 0.296. The number of carbonyl (C=O) groups is 2. The Balaban J connectivity index is 1.73. The maximum absolute atomic E-state index is 12.4. The Bertz CT molecular complexity index is 1230. The maximum Gasteiger partial charge on any atom is 0.342 e. The Morgan fingerprint density at radius 1 is 0.939 bits per heavy atom. The van der Waals surface area contributed by atoms with Gasteiger partial charge in [0, 0.05) is 11.1 Å². The molecule has 0 aliphatic rings. The van der Waals surface area contributed by atoms with Crippen molar-refractivity contribution in [2.24, 2.45) is 10.2 Å². The number of methoxy groups -OCH3 is 1. The van der Waals surface area contributed by atoms with E-state index in [1.165, 1.54) is 19.2 Å². The highest BCUT2D eigenvalue weighted by atomic mass is 32.2. The Morgan fingerprint density at radius 3 is 2.03 bits per heavy atom. The van der Waals surface area contributed by atoms with Crippen LogP contribution in [0.25, 0.3) is 0 Å². The summed E-state index contributed by atoms with van der Waals surface area (Å²) >= 11 is 0. The molecule has 3 aromatic carbocycles. The topological polar surface area (TPSA) is 137 Å². The van der Waals surface area contributed by atoms with E-state index < -0.39 is 28.5 Å². The lowest BCUT2D eigenvalue weighted by Crippen LogP contribution is -2.26. The molecular formula is C23H21N3O6S. The van der Waals surface area contributed by atoms with E-state index >= 15 is 0 Å². The average molecular weight is 468 g/mol. The lowest BCUT2D eigenvalue weighted by atomic mass is 10.0. The van der Waals surface area contributed by atoms with Gasteiger partial charge in [-0.05, 0) is 18.2 Å². The van der Waals surface area contributed by atoms with Gasteiger partial charge in [0.25, 0.3) is 5.91 Å². The van der Waals surface area contributed by atoms with Gasteiger partial charge in [0.15, 0.2) is 6.61 Å². The molecule has 3 rings (SSSR count). The molecule has 0 aliphatic heterocycles. The minimum absolute atomic E-state index is 0.0706. The van der Waals surface area contributed by atoms with Crippen LogP contribution in [0.2, 0.25) is 0 Å². The number of nitrogens with two attached hydrogens (primary N) is 1. The van der Waals surface area contributed by atoms with Gasteiger partial charge in [0.1, 0.15) is 11.3 Å². The van der Waals surface area contributed by atoms with Crippen molar-refractivity contribution in [3.63, 3.8) is 0 Å². The monoisotopic (exact) mass is 467 g/mol. The van der Waals surface area contributed by atoms with Crippen molar-refractivity contribution in [2.45, 2.75) is 4.90 Å². The zero-order valence-corrected chi connectivity index (χ0v) is 18.4. The smallest absolute Gasteiger partial charge is 0.342 e. The number of ether oxygens (including phenoxy) is 2. The number of esters is 1. The fraction of sp³-hybridized carbons (Fsp3) is 0.0870. The summed E-state index contributed by atoms with van der Waals surface area (Å²) in [7, 11) is -2.74. The molecule has 0 atom stereocenters. The van der Waals surface area contributed by atoms with Gasteiger partial charge in [0.05, 0.1) is 17.7 Å². The van der Waals surface area contributed by atoms with Crippen LogP contribution >= 0.6 is 0 Å². The van der Waals surface area contributed by atoms with Crippen molar-refractivity contribution in [3.05, 3.63) is 95.6 Å². The van der Waals surface area contributed by atoms with Gasteiger partial charge in [-0.25, -0.2) is 23.8 Å². The number of primary sulfonamides is 1. The summed E-state index contributed by atoms with van der Waals surface area (Å²) < 4.78 is 33.2. The van der Waals surface area contributed by atoms with Crippen molar-refractivity contribution < 1.29 is 27.5 Å². The van der Waals surface area contributed by atoms with Crippen molar-refractivity contribution in [1.29, 1.82) is 0 Å². The average Bonchev–Trinajstić information content (AvgIpc) is 2.83. The molecule has 0 saturated heterocycles. The summed E-state index contributed by atoms with van der Waals surface area (Å²) in [5.74, 6) is -1.57. The molecule has 9 nitrogen and oxygen atoms in total. The minimum Gasteiger partial charge on any atom is -0.496 e. The number of hydrazone groups is 1. The molecule has 3 N–H and O–H groups in total. The number of carbonyl (C=O) groups excluding carboxylic acids is 2. The third-order valence-corrected chi connectivity index (χ3v) is 5.35. The second-order valence-electron chi connectivity index (χ2n) is 6.71. The predicted molar refractivity (Wildman–Crippen MR) is 121 cm³/mol. The van der Waals surface area contributed by atoms with Crippen LogP contribution in [0, 0.1) is 0 Å². The zero-order chi connectivity index (χ0) is 23.8. The second-order valence-corrected chi connectivity index (χ2v) is 8.27. The molecule has 0 unspecified atom stereocenters. The molecule has 33 heavy (non-hydrogen) atoms. The molecule has 170 valence electrons. The molecule has 0 radical (unpaired) electrons. The first-order valence-electron chi connectivity index (χ1n) is 9.65. The summed E-state index contributed by atoms with van der Waals surface area (Å²) in [6, 6.07) is 22.0. The van der Waals surface area contributed by atoms with Gasteiger partial charge in [-0.2, -0.15) is 5.10 Å². The molecule has 0 aliphatic carbocycles. The zero-order valence-electron chi connectivity index (χ0n) is 17.6. The van der Waals surface area contributed by atoms with Crippen LogP contribution in [0.3, 0.4) is 0 Å². The van der Waals surface area contributed by atoms with E-state index in [-0.39, 0.29) is 16.2 Å². The Morgan fingerprint density at radius 2 is 1.52 bits per heavy atom. The predicted octanol–water partition coefficient (Wildman–Crippen LogP) is 2.07. The number of hydrogen-bond acceptors (Lipinski definition) is 7. The highest BCUT2D eigenvalue weighted by Gasteiger charge is 2.19. The molecule has 0 aromatic heterocycles. The number of nitrogens with zero attached hydrogens (tertiary/aromatic N) is 1. The van der Waals surface area contributed by atoms with Crippen LogP contribution in [-0.4, -0.2) is 39.7 Å². The number of rotatable bonds is 8. The standard InChI is InChI=1S/C23H21N3O6S/c1-31-20-13-12-18(33(24,29)30)14-19(20)23(28)32-15-21(27)25-26-22(16-8-4-2-5-9-16)17-10-6-3-7-11-17/h2-14H,15H2,1H3,(H,25,27)(H2,24,29,30). The number of hydrogen-bond donors (Lipinski definition) is 2. The minimum atomic E-state index is -4.05. The van der Waals surface area contributed by atoms with Gasteiger partial charge in [-0.15, -0.1) is 0 Å². The Kier molecular flexibility index (Phi) is 7.54. The third kappa shape index (κ3) is 6.25. The van der Waals surface area contributed by atoms with Crippen molar-refractivity contribution in [1.82, 2.24) is 5.43 Å². The summed E-state index contributed by atoms with van der Waals surface area (Å²) in [5, 5.41) is 9.30.